The van der Waals surface area contributed by atoms with Gasteiger partial charge in [0.05, 0.1) is 13.2 Å². The molecule has 0 rings (SSSR count). The smallest absolute Gasteiger partial charge is 0.336 e. The predicted octanol–water partition coefficient (Wildman–Crippen LogP) is -1.26. The van der Waals surface area contributed by atoms with Crippen LogP contribution in [0.25, 0.3) is 0 Å². The van der Waals surface area contributed by atoms with Crippen LogP contribution in [0.2, 0.25) is 0 Å². The van der Waals surface area contributed by atoms with Gasteiger partial charge in [0.15, 0.2) is 11.4 Å². The largest absolute Gasteiger partial charge is 0.467 e. The fourth-order valence-electron chi connectivity index (χ4n) is 0.895. The van der Waals surface area contributed by atoms with Crippen molar-refractivity contribution in [1.29, 1.82) is 5.26 Å². The summed E-state index contributed by atoms with van der Waals surface area (Å²) in [5.41, 5.74) is 0. The molecule has 0 aromatic heterocycles. The van der Waals surface area contributed by atoms with E-state index >= 15 is 0 Å². The maximum Gasteiger partial charge on any atom is 0.336 e. The standard InChI is InChI=1S/C8H14N2O5S/c1-3-6(4-9)16(13,14)10-5-7(11)8(12)15-2/h6-7,10-11H,3,5H2,1-2H3. The van der Waals surface area contributed by atoms with Crippen molar-refractivity contribution in [3.8, 4) is 6.07 Å². The lowest BCUT2D eigenvalue weighted by atomic mass is 10.4. The SMILES string of the molecule is CCC(C#N)S(=O)(=O)NCC(O)C(=O)OC. The highest BCUT2D eigenvalue weighted by Crippen LogP contribution is 2.02. The molecule has 0 amide bonds. The van der Waals surface area contributed by atoms with Crippen LogP contribution in [0, 0.1) is 11.3 Å². The molecular formula is C8H14N2O5S. The van der Waals surface area contributed by atoms with Gasteiger partial charge in [-0.05, 0) is 6.42 Å². The zero-order valence-electron chi connectivity index (χ0n) is 9.00. The third-order valence-electron chi connectivity index (χ3n) is 1.84. The van der Waals surface area contributed by atoms with Gasteiger partial charge in [0, 0.05) is 6.54 Å². The van der Waals surface area contributed by atoms with Crippen LogP contribution in [-0.2, 0) is 19.6 Å². The van der Waals surface area contributed by atoms with Crippen molar-refractivity contribution in [2.24, 2.45) is 0 Å². The van der Waals surface area contributed by atoms with E-state index in [4.69, 9.17) is 10.4 Å². The third-order valence-corrected chi connectivity index (χ3v) is 3.60. The van der Waals surface area contributed by atoms with Gasteiger partial charge in [-0.2, -0.15) is 5.26 Å². The van der Waals surface area contributed by atoms with Gasteiger partial charge in [-0.3, -0.25) is 0 Å². The van der Waals surface area contributed by atoms with E-state index in [1.165, 1.54) is 0 Å². The fraction of sp³-hybridized carbons (Fsp3) is 0.750. The maximum atomic E-state index is 11.4. The Morgan fingerprint density at radius 1 is 1.62 bits per heavy atom. The number of sulfonamides is 1. The molecule has 0 spiro atoms. The number of aliphatic hydroxyl groups is 1. The third kappa shape index (κ3) is 4.14. The summed E-state index contributed by atoms with van der Waals surface area (Å²) in [4.78, 5) is 10.8. The monoisotopic (exact) mass is 250 g/mol. The Labute approximate surface area is 94.1 Å². The summed E-state index contributed by atoms with van der Waals surface area (Å²) in [6.45, 7) is 1.04. The first-order chi connectivity index (χ1) is 7.38. The number of nitriles is 1. The minimum absolute atomic E-state index is 0.125. The summed E-state index contributed by atoms with van der Waals surface area (Å²) in [5.74, 6) is -0.937. The van der Waals surface area contributed by atoms with Crippen LogP contribution in [-0.4, -0.2) is 44.5 Å². The van der Waals surface area contributed by atoms with E-state index in [9.17, 15) is 13.2 Å². The molecule has 16 heavy (non-hydrogen) atoms. The summed E-state index contributed by atoms with van der Waals surface area (Å²) in [6.07, 6.45) is -1.45. The van der Waals surface area contributed by atoms with Crippen molar-refractivity contribution in [3.05, 3.63) is 0 Å². The number of methoxy groups -OCH3 is 1. The lowest BCUT2D eigenvalue weighted by Gasteiger charge is -2.12. The summed E-state index contributed by atoms with van der Waals surface area (Å²) >= 11 is 0. The Bertz CT molecular complexity index is 372. The zero-order chi connectivity index (χ0) is 12.8. The average Bonchev–Trinajstić information content (AvgIpc) is 2.26. The summed E-state index contributed by atoms with van der Waals surface area (Å²) in [5, 5.41) is 16.5. The number of aliphatic hydroxyl groups excluding tert-OH is 1. The van der Waals surface area contributed by atoms with Crippen molar-refractivity contribution < 1.29 is 23.1 Å². The van der Waals surface area contributed by atoms with E-state index in [-0.39, 0.29) is 6.42 Å². The van der Waals surface area contributed by atoms with E-state index in [1.54, 1.807) is 13.0 Å². The molecule has 0 aliphatic heterocycles. The molecule has 2 N–H and O–H groups in total. The van der Waals surface area contributed by atoms with Gasteiger partial charge in [0.1, 0.15) is 0 Å². The van der Waals surface area contributed by atoms with Crippen LogP contribution >= 0.6 is 0 Å². The molecule has 0 aromatic rings. The highest BCUT2D eigenvalue weighted by atomic mass is 32.2. The van der Waals surface area contributed by atoms with Crippen LogP contribution in [0.15, 0.2) is 0 Å². The maximum absolute atomic E-state index is 11.4. The second kappa shape index (κ2) is 6.42. The first kappa shape index (κ1) is 14.8. The number of nitrogens with one attached hydrogen (secondary N) is 1. The Morgan fingerprint density at radius 2 is 2.19 bits per heavy atom. The first-order valence-electron chi connectivity index (χ1n) is 4.53. The van der Waals surface area contributed by atoms with Crippen LogP contribution in [0.1, 0.15) is 13.3 Å². The zero-order valence-corrected chi connectivity index (χ0v) is 9.82. The van der Waals surface area contributed by atoms with Crippen molar-refractivity contribution >= 4 is 16.0 Å². The number of ether oxygens (including phenoxy) is 1. The summed E-state index contributed by atoms with van der Waals surface area (Å²) in [6, 6.07) is 1.61. The van der Waals surface area contributed by atoms with Gasteiger partial charge in [0.25, 0.3) is 0 Å². The highest BCUT2D eigenvalue weighted by molar-refractivity contribution is 7.90. The van der Waals surface area contributed by atoms with Crippen LogP contribution in [0.5, 0.6) is 0 Å². The molecule has 0 aliphatic carbocycles. The van der Waals surface area contributed by atoms with Crippen LogP contribution in [0.4, 0.5) is 0 Å². The molecule has 0 fully saturated rings. The van der Waals surface area contributed by atoms with E-state index in [0.717, 1.165) is 7.11 Å². The van der Waals surface area contributed by atoms with Crippen molar-refractivity contribution in [3.63, 3.8) is 0 Å². The van der Waals surface area contributed by atoms with E-state index < -0.39 is 33.9 Å². The number of rotatable bonds is 6. The van der Waals surface area contributed by atoms with E-state index in [2.05, 4.69) is 4.74 Å². The number of esters is 1. The van der Waals surface area contributed by atoms with Gasteiger partial charge < -0.3 is 9.84 Å². The molecule has 0 heterocycles. The van der Waals surface area contributed by atoms with Gasteiger partial charge >= 0.3 is 5.97 Å². The average molecular weight is 250 g/mol. The van der Waals surface area contributed by atoms with Gasteiger partial charge in [-0.25, -0.2) is 17.9 Å². The fourth-order valence-corrected chi connectivity index (χ4v) is 2.06. The molecule has 0 radical (unpaired) electrons. The number of hydrogen-bond acceptors (Lipinski definition) is 6. The molecule has 0 aliphatic rings. The van der Waals surface area contributed by atoms with Gasteiger partial charge in [0.2, 0.25) is 10.0 Å². The molecule has 7 nitrogen and oxygen atoms in total. The van der Waals surface area contributed by atoms with E-state index in [0.29, 0.717) is 0 Å². The van der Waals surface area contributed by atoms with Crippen LogP contribution < -0.4 is 4.72 Å². The molecular weight excluding hydrogens is 236 g/mol. The minimum Gasteiger partial charge on any atom is -0.467 e. The molecule has 0 aromatic carbocycles. The molecule has 0 bridgehead atoms. The first-order valence-corrected chi connectivity index (χ1v) is 6.07. The molecule has 2 atom stereocenters. The molecule has 8 heteroatoms. The minimum atomic E-state index is -3.84. The molecule has 92 valence electrons. The highest BCUT2D eigenvalue weighted by Gasteiger charge is 2.25. The molecule has 0 saturated heterocycles. The summed E-state index contributed by atoms with van der Waals surface area (Å²) < 4.78 is 29.0. The van der Waals surface area contributed by atoms with Gasteiger partial charge in [-0.1, -0.05) is 6.92 Å². The Kier molecular flexibility index (Phi) is 5.95. The second-order valence-corrected chi connectivity index (χ2v) is 4.91. The topological polar surface area (TPSA) is 116 Å². The number of carbonyl (C=O) groups is 1. The lowest BCUT2D eigenvalue weighted by Crippen LogP contribution is -2.41. The number of hydrogen-bond donors (Lipinski definition) is 2. The lowest BCUT2D eigenvalue weighted by molar-refractivity contribution is -0.149. The summed E-state index contributed by atoms with van der Waals surface area (Å²) in [7, 11) is -2.76. The Morgan fingerprint density at radius 3 is 2.56 bits per heavy atom. The molecule has 0 saturated carbocycles. The van der Waals surface area contributed by atoms with Crippen LogP contribution in [0.3, 0.4) is 0 Å². The van der Waals surface area contributed by atoms with Crippen molar-refractivity contribution in [1.82, 2.24) is 4.72 Å². The Balaban J connectivity index is 4.42. The number of carbonyl (C=O) groups excluding carboxylic acids is 1. The van der Waals surface area contributed by atoms with Crippen molar-refractivity contribution in [2.75, 3.05) is 13.7 Å². The Hall–Kier alpha value is -1.17. The molecule has 2 unspecified atom stereocenters. The van der Waals surface area contributed by atoms with Crippen molar-refractivity contribution in [2.45, 2.75) is 24.7 Å². The van der Waals surface area contributed by atoms with E-state index in [1.807, 2.05) is 4.72 Å². The number of nitrogens with zero attached hydrogens (tertiary/aromatic N) is 1. The quantitative estimate of drug-likeness (QED) is 0.568. The predicted molar refractivity (Wildman–Crippen MR) is 54.6 cm³/mol. The second-order valence-electron chi connectivity index (χ2n) is 2.96. The van der Waals surface area contributed by atoms with Gasteiger partial charge in [-0.15, -0.1) is 0 Å². The normalized spacial score (nSPS) is 14.9.